The van der Waals surface area contributed by atoms with Crippen LogP contribution in [0.2, 0.25) is 0 Å². The van der Waals surface area contributed by atoms with Crippen molar-refractivity contribution in [3.8, 4) is 11.5 Å². The lowest BCUT2D eigenvalue weighted by molar-refractivity contribution is 0.172. The van der Waals surface area contributed by atoms with Crippen molar-refractivity contribution in [2.24, 2.45) is 0 Å². The van der Waals surface area contributed by atoms with Gasteiger partial charge in [-0.05, 0) is 11.6 Å². The van der Waals surface area contributed by atoms with Gasteiger partial charge in [0.15, 0.2) is 21.3 Å². The highest BCUT2D eigenvalue weighted by Gasteiger charge is 2.26. The molecule has 0 atom stereocenters. The van der Waals surface area contributed by atoms with Gasteiger partial charge in [0.25, 0.3) is 0 Å². The summed E-state index contributed by atoms with van der Waals surface area (Å²) < 4.78 is 33.5. The predicted molar refractivity (Wildman–Crippen MR) is 58.3 cm³/mol. The number of alkyl halides is 1. The minimum atomic E-state index is -3.31. The molecule has 0 N–H and O–H groups in total. The molecule has 0 spiro atoms. The minimum Gasteiger partial charge on any atom is -0.454 e. The van der Waals surface area contributed by atoms with Crippen LogP contribution in [0.1, 0.15) is 5.56 Å². The molecular weight excluding hydrogens is 284 g/mol. The lowest BCUT2D eigenvalue weighted by atomic mass is 10.2. The molecule has 1 aliphatic rings. The molecule has 1 aromatic rings. The fourth-order valence-corrected chi connectivity index (χ4v) is 3.26. The van der Waals surface area contributed by atoms with Crippen molar-refractivity contribution in [2.75, 3.05) is 13.0 Å². The predicted octanol–water partition coefficient (Wildman–Crippen LogP) is 1.71. The van der Waals surface area contributed by atoms with Crippen LogP contribution in [-0.2, 0) is 15.2 Å². The summed E-state index contributed by atoms with van der Waals surface area (Å²) in [5, 5.41) is 0.464. The van der Waals surface area contributed by atoms with Crippen molar-refractivity contribution in [3.63, 3.8) is 0 Å². The molecule has 0 fully saturated rings. The Morgan fingerprint density at radius 1 is 1.40 bits per heavy atom. The van der Waals surface area contributed by atoms with E-state index < -0.39 is 9.84 Å². The number of halogens is 1. The van der Waals surface area contributed by atoms with Crippen LogP contribution >= 0.6 is 15.9 Å². The zero-order valence-corrected chi connectivity index (χ0v) is 10.4. The van der Waals surface area contributed by atoms with Crippen LogP contribution in [0.15, 0.2) is 17.0 Å². The van der Waals surface area contributed by atoms with Crippen molar-refractivity contribution in [2.45, 2.75) is 10.2 Å². The molecule has 1 aromatic carbocycles. The zero-order chi connectivity index (χ0) is 11.1. The van der Waals surface area contributed by atoms with E-state index in [0.29, 0.717) is 22.4 Å². The molecule has 0 saturated carbocycles. The van der Waals surface area contributed by atoms with Gasteiger partial charge in [0.2, 0.25) is 6.79 Å². The highest BCUT2D eigenvalue weighted by atomic mass is 79.9. The van der Waals surface area contributed by atoms with Crippen LogP contribution in [0.3, 0.4) is 0 Å². The molecule has 0 radical (unpaired) electrons. The maximum Gasteiger partial charge on any atom is 0.231 e. The molecule has 6 heteroatoms. The summed E-state index contributed by atoms with van der Waals surface area (Å²) in [7, 11) is -3.31. The Morgan fingerprint density at radius 3 is 2.73 bits per heavy atom. The summed E-state index contributed by atoms with van der Waals surface area (Å²) in [6.07, 6.45) is 1.16. The second-order valence-corrected chi connectivity index (χ2v) is 5.71. The monoisotopic (exact) mass is 292 g/mol. The van der Waals surface area contributed by atoms with Crippen LogP contribution in [0.25, 0.3) is 0 Å². The number of benzene rings is 1. The molecule has 1 heterocycles. The van der Waals surface area contributed by atoms with Gasteiger partial charge in [0, 0.05) is 11.6 Å². The van der Waals surface area contributed by atoms with Crippen LogP contribution in [-0.4, -0.2) is 21.5 Å². The number of rotatable bonds is 2. The van der Waals surface area contributed by atoms with Crippen LogP contribution in [0.4, 0.5) is 0 Å². The van der Waals surface area contributed by atoms with Gasteiger partial charge in [-0.3, -0.25) is 0 Å². The van der Waals surface area contributed by atoms with E-state index in [1.54, 1.807) is 12.1 Å². The highest BCUT2D eigenvalue weighted by Crippen LogP contribution is 2.40. The fourth-order valence-electron chi connectivity index (χ4n) is 1.50. The van der Waals surface area contributed by atoms with E-state index in [1.807, 2.05) is 0 Å². The number of sulfone groups is 1. The van der Waals surface area contributed by atoms with Gasteiger partial charge in [-0.2, -0.15) is 0 Å². The van der Waals surface area contributed by atoms with Gasteiger partial charge in [-0.25, -0.2) is 8.42 Å². The van der Waals surface area contributed by atoms with Gasteiger partial charge >= 0.3 is 0 Å². The molecule has 15 heavy (non-hydrogen) atoms. The van der Waals surface area contributed by atoms with E-state index >= 15 is 0 Å². The normalized spacial score (nSPS) is 14.3. The average molecular weight is 293 g/mol. The molecule has 0 aromatic heterocycles. The molecule has 0 bridgehead atoms. The first-order valence-electron chi connectivity index (χ1n) is 4.21. The quantitative estimate of drug-likeness (QED) is 0.779. The second-order valence-electron chi connectivity index (χ2n) is 3.19. The lowest BCUT2D eigenvalue weighted by Crippen LogP contribution is -2.03. The SMILES string of the molecule is CS(=O)(=O)c1c(CBr)ccc2c1OCO2. The van der Waals surface area contributed by atoms with Crippen molar-refractivity contribution in [3.05, 3.63) is 17.7 Å². The third kappa shape index (κ3) is 1.83. The maximum absolute atomic E-state index is 11.6. The standard InChI is InChI=1S/C9H9BrO4S/c1-15(11,12)9-6(4-10)2-3-7-8(9)14-5-13-7/h2-3H,4-5H2,1H3. The summed E-state index contributed by atoms with van der Waals surface area (Å²) in [4.78, 5) is 0.217. The third-order valence-electron chi connectivity index (χ3n) is 2.09. The number of hydrogen-bond acceptors (Lipinski definition) is 4. The van der Waals surface area contributed by atoms with E-state index in [1.165, 1.54) is 0 Å². The van der Waals surface area contributed by atoms with E-state index in [4.69, 9.17) is 9.47 Å². The first kappa shape index (κ1) is 10.8. The number of fused-ring (bicyclic) bond motifs is 1. The molecule has 2 rings (SSSR count). The Balaban J connectivity index is 2.74. The Morgan fingerprint density at radius 2 is 2.13 bits per heavy atom. The van der Waals surface area contributed by atoms with E-state index in [-0.39, 0.29) is 11.7 Å². The molecule has 4 nitrogen and oxygen atoms in total. The van der Waals surface area contributed by atoms with Crippen molar-refractivity contribution < 1.29 is 17.9 Å². The summed E-state index contributed by atoms with van der Waals surface area (Å²) in [5.74, 6) is 0.814. The highest BCUT2D eigenvalue weighted by molar-refractivity contribution is 9.08. The topological polar surface area (TPSA) is 52.6 Å². The lowest BCUT2D eigenvalue weighted by Gasteiger charge is -2.08. The Labute approximate surface area is 96.2 Å². The first-order valence-corrected chi connectivity index (χ1v) is 7.23. The van der Waals surface area contributed by atoms with E-state index in [0.717, 1.165) is 6.26 Å². The summed E-state index contributed by atoms with van der Waals surface area (Å²) in [6, 6.07) is 3.44. The first-order chi connectivity index (χ1) is 7.04. The Kier molecular flexibility index (Phi) is 2.64. The Hall–Kier alpha value is -0.750. The zero-order valence-electron chi connectivity index (χ0n) is 7.99. The summed E-state index contributed by atoms with van der Waals surface area (Å²) >= 11 is 3.25. The van der Waals surface area contributed by atoms with Gasteiger partial charge in [0.1, 0.15) is 4.90 Å². The van der Waals surface area contributed by atoms with Crippen molar-refractivity contribution in [1.82, 2.24) is 0 Å². The second kappa shape index (κ2) is 3.68. The largest absolute Gasteiger partial charge is 0.454 e. The minimum absolute atomic E-state index is 0.0730. The van der Waals surface area contributed by atoms with E-state index in [2.05, 4.69) is 15.9 Å². The Bertz CT molecular complexity index is 495. The fraction of sp³-hybridized carbons (Fsp3) is 0.333. The molecule has 0 amide bonds. The molecule has 0 saturated heterocycles. The molecular formula is C9H9BrO4S. The number of hydrogen-bond donors (Lipinski definition) is 0. The van der Waals surface area contributed by atoms with Gasteiger partial charge < -0.3 is 9.47 Å². The number of ether oxygens (including phenoxy) is 2. The molecule has 0 aliphatic carbocycles. The van der Waals surface area contributed by atoms with Gasteiger partial charge in [-0.1, -0.05) is 22.0 Å². The van der Waals surface area contributed by atoms with Gasteiger partial charge in [-0.15, -0.1) is 0 Å². The smallest absolute Gasteiger partial charge is 0.231 e. The molecule has 1 aliphatic heterocycles. The molecule has 82 valence electrons. The summed E-state index contributed by atoms with van der Waals surface area (Å²) in [5.41, 5.74) is 0.682. The van der Waals surface area contributed by atoms with Crippen LogP contribution in [0, 0.1) is 0 Å². The van der Waals surface area contributed by atoms with Crippen LogP contribution < -0.4 is 9.47 Å². The van der Waals surface area contributed by atoms with Crippen molar-refractivity contribution in [1.29, 1.82) is 0 Å². The van der Waals surface area contributed by atoms with Crippen LogP contribution in [0.5, 0.6) is 11.5 Å². The maximum atomic E-state index is 11.6. The third-order valence-corrected chi connectivity index (χ3v) is 3.88. The van der Waals surface area contributed by atoms with Crippen molar-refractivity contribution >= 4 is 25.8 Å². The van der Waals surface area contributed by atoms with E-state index in [9.17, 15) is 8.42 Å². The van der Waals surface area contributed by atoms with Gasteiger partial charge in [0.05, 0.1) is 0 Å². The average Bonchev–Trinajstić information content (AvgIpc) is 2.61. The molecule has 0 unspecified atom stereocenters. The summed E-state index contributed by atoms with van der Waals surface area (Å²) in [6.45, 7) is 0.0730.